The fourth-order valence-corrected chi connectivity index (χ4v) is 6.42. The normalized spacial score (nSPS) is 13.7. The zero-order valence-electron chi connectivity index (χ0n) is 24.0. The predicted octanol–water partition coefficient (Wildman–Crippen LogP) is 3.93. The van der Waals surface area contributed by atoms with Crippen molar-refractivity contribution in [2.75, 3.05) is 14.2 Å². The summed E-state index contributed by atoms with van der Waals surface area (Å²) in [5, 5.41) is 13.7. The van der Waals surface area contributed by atoms with Gasteiger partial charge in [0.1, 0.15) is 23.0 Å². The number of aromatic nitrogens is 3. The molecule has 1 saturated carbocycles. The Hall–Kier alpha value is -4.71. The standard InChI is InChI=1S/C31H32N4O7S/c1-4-5-9-26-34-29(37)28(30(38)35(26)27-23(41-2)7-6-8-24(27)42-3)43(39,40)22-12-10-20(11-13-22)21-14-17-32-25(18-21)31(15-16-31)33-19-36/h6-8,10-14,17-19,37H,4-5,9,15-16H2,1-3H3,(H,33,36). The Morgan fingerprint density at radius 3 is 2.30 bits per heavy atom. The van der Waals surface area contributed by atoms with Crippen molar-refractivity contribution in [3.63, 3.8) is 0 Å². The topological polar surface area (TPSA) is 150 Å². The van der Waals surface area contributed by atoms with Gasteiger partial charge >= 0.3 is 0 Å². The number of sulfone groups is 1. The van der Waals surface area contributed by atoms with Gasteiger partial charge in [-0.15, -0.1) is 0 Å². The van der Waals surface area contributed by atoms with Gasteiger partial charge in [-0.3, -0.25) is 19.1 Å². The molecule has 4 aromatic rings. The van der Waals surface area contributed by atoms with Crippen LogP contribution in [-0.2, 0) is 26.6 Å². The van der Waals surface area contributed by atoms with E-state index in [-0.39, 0.29) is 27.9 Å². The molecule has 5 rings (SSSR count). The summed E-state index contributed by atoms with van der Waals surface area (Å²) < 4.78 is 39.9. The maximum absolute atomic E-state index is 14.0. The van der Waals surface area contributed by atoms with Crippen LogP contribution >= 0.6 is 0 Å². The predicted molar refractivity (Wildman–Crippen MR) is 158 cm³/mol. The fraction of sp³-hybridized carbons (Fsp3) is 0.290. The number of aromatic hydroxyl groups is 1. The summed E-state index contributed by atoms with van der Waals surface area (Å²) >= 11 is 0. The van der Waals surface area contributed by atoms with E-state index in [0.717, 1.165) is 35.1 Å². The van der Waals surface area contributed by atoms with Crippen LogP contribution in [0.5, 0.6) is 17.4 Å². The van der Waals surface area contributed by atoms with Crippen molar-refractivity contribution in [1.82, 2.24) is 19.9 Å². The summed E-state index contributed by atoms with van der Waals surface area (Å²) in [5.41, 5.74) is 0.955. The Morgan fingerprint density at radius 1 is 1.05 bits per heavy atom. The summed E-state index contributed by atoms with van der Waals surface area (Å²) in [6, 6.07) is 14.5. The quantitative estimate of drug-likeness (QED) is 0.229. The monoisotopic (exact) mass is 604 g/mol. The van der Waals surface area contributed by atoms with Crippen LogP contribution in [0.1, 0.15) is 44.1 Å². The molecule has 0 saturated heterocycles. The number of methoxy groups -OCH3 is 2. The number of para-hydroxylation sites is 1. The van der Waals surface area contributed by atoms with Gasteiger partial charge in [-0.05, 0) is 66.8 Å². The van der Waals surface area contributed by atoms with Crippen LogP contribution < -0.4 is 20.3 Å². The first-order chi connectivity index (χ1) is 20.7. The van der Waals surface area contributed by atoms with E-state index in [1.54, 1.807) is 42.6 Å². The van der Waals surface area contributed by atoms with E-state index in [2.05, 4.69) is 15.3 Å². The first-order valence-electron chi connectivity index (χ1n) is 13.8. The second-order valence-corrected chi connectivity index (χ2v) is 12.1. The molecule has 1 amide bonds. The number of carbonyl (C=O) groups is 1. The lowest BCUT2D eigenvalue weighted by Gasteiger charge is -2.19. The molecule has 0 spiro atoms. The number of unbranched alkanes of at least 4 members (excludes halogenated alkanes) is 1. The van der Waals surface area contributed by atoms with Crippen LogP contribution in [0.25, 0.3) is 16.8 Å². The number of aryl methyl sites for hydroxylation is 1. The van der Waals surface area contributed by atoms with Crippen LogP contribution in [0.2, 0.25) is 0 Å². The Bertz CT molecular complexity index is 1810. The third-order valence-electron chi connectivity index (χ3n) is 7.57. The van der Waals surface area contributed by atoms with Gasteiger partial charge in [0.15, 0.2) is 4.90 Å². The highest BCUT2D eigenvalue weighted by molar-refractivity contribution is 7.91. The molecule has 43 heavy (non-hydrogen) atoms. The Balaban J connectivity index is 1.60. The summed E-state index contributed by atoms with van der Waals surface area (Å²) in [7, 11) is -1.67. The fourth-order valence-electron chi connectivity index (χ4n) is 5.09. The second kappa shape index (κ2) is 11.9. The molecule has 12 heteroatoms. The van der Waals surface area contributed by atoms with Gasteiger partial charge in [0.05, 0.1) is 30.3 Å². The van der Waals surface area contributed by atoms with E-state index < -0.39 is 31.7 Å². The zero-order chi connectivity index (χ0) is 30.8. The third kappa shape index (κ3) is 5.45. The van der Waals surface area contributed by atoms with Crippen molar-refractivity contribution < 1.29 is 27.8 Å². The molecule has 1 aliphatic rings. The minimum atomic E-state index is -4.52. The second-order valence-electron chi connectivity index (χ2n) is 10.2. The smallest absolute Gasteiger partial charge is 0.281 e. The number of carbonyl (C=O) groups excluding carboxylic acids is 1. The van der Waals surface area contributed by atoms with Crippen LogP contribution in [0.15, 0.2) is 75.4 Å². The van der Waals surface area contributed by atoms with Crippen molar-refractivity contribution in [2.24, 2.45) is 0 Å². The lowest BCUT2D eigenvalue weighted by Crippen LogP contribution is -2.29. The molecule has 2 heterocycles. The summed E-state index contributed by atoms with van der Waals surface area (Å²) in [5.74, 6) is -0.159. The average Bonchev–Trinajstić information content (AvgIpc) is 3.80. The van der Waals surface area contributed by atoms with Gasteiger partial charge in [-0.25, -0.2) is 8.42 Å². The lowest BCUT2D eigenvalue weighted by molar-refractivity contribution is -0.110. The average molecular weight is 605 g/mol. The molecular weight excluding hydrogens is 572 g/mol. The van der Waals surface area contributed by atoms with Crippen molar-refractivity contribution in [3.05, 3.63) is 82.7 Å². The van der Waals surface area contributed by atoms with Gasteiger partial charge < -0.3 is 19.9 Å². The summed E-state index contributed by atoms with van der Waals surface area (Å²) in [6.45, 7) is 1.97. The number of rotatable bonds is 12. The number of amides is 1. The first-order valence-corrected chi connectivity index (χ1v) is 15.3. The number of hydrogen-bond donors (Lipinski definition) is 2. The van der Waals surface area contributed by atoms with Crippen molar-refractivity contribution in [1.29, 1.82) is 0 Å². The van der Waals surface area contributed by atoms with Crippen LogP contribution in [0, 0.1) is 0 Å². The summed E-state index contributed by atoms with van der Waals surface area (Å²) in [4.78, 5) is 32.7. The van der Waals surface area contributed by atoms with Crippen molar-refractivity contribution in [3.8, 4) is 34.2 Å². The molecule has 0 unspecified atom stereocenters. The van der Waals surface area contributed by atoms with Crippen LogP contribution in [0.4, 0.5) is 0 Å². The maximum atomic E-state index is 14.0. The molecule has 0 radical (unpaired) electrons. The van der Waals surface area contributed by atoms with Crippen molar-refractivity contribution in [2.45, 2.75) is 54.4 Å². The Labute approximate surface area is 249 Å². The minimum Gasteiger partial charge on any atom is -0.494 e. The van der Waals surface area contributed by atoms with E-state index in [0.29, 0.717) is 24.8 Å². The number of hydrogen-bond acceptors (Lipinski definition) is 9. The van der Waals surface area contributed by atoms with Gasteiger partial charge in [0.2, 0.25) is 22.1 Å². The SMILES string of the molecule is CCCCc1nc(O)c(S(=O)(=O)c2ccc(-c3ccnc(C4(NC=O)CC4)c3)cc2)c(=O)n1-c1c(OC)cccc1OC. The van der Waals surface area contributed by atoms with Gasteiger partial charge in [0, 0.05) is 12.6 Å². The van der Waals surface area contributed by atoms with Gasteiger partial charge in [-0.2, -0.15) is 4.98 Å². The molecule has 0 aliphatic heterocycles. The van der Waals surface area contributed by atoms with E-state index in [9.17, 15) is 23.1 Å². The van der Waals surface area contributed by atoms with Gasteiger partial charge in [0.25, 0.3) is 5.56 Å². The van der Waals surface area contributed by atoms with Crippen molar-refractivity contribution >= 4 is 16.2 Å². The van der Waals surface area contributed by atoms with E-state index in [1.807, 2.05) is 13.0 Å². The number of nitrogens with one attached hydrogen (secondary N) is 1. The molecule has 0 atom stereocenters. The van der Waals surface area contributed by atoms with E-state index in [4.69, 9.17) is 9.47 Å². The third-order valence-corrected chi connectivity index (χ3v) is 9.36. The Morgan fingerprint density at radius 2 is 1.72 bits per heavy atom. The highest BCUT2D eigenvalue weighted by Crippen LogP contribution is 2.45. The largest absolute Gasteiger partial charge is 0.494 e. The maximum Gasteiger partial charge on any atom is 0.281 e. The minimum absolute atomic E-state index is 0.174. The first kappa shape index (κ1) is 29.8. The lowest BCUT2D eigenvalue weighted by atomic mass is 10.0. The molecule has 0 bridgehead atoms. The van der Waals surface area contributed by atoms with Crippen LogP contribution in [-0.4, -0.2) is 48.7 Å². The molecule has 1 fully saturated rings. The Kier molecular flexibility index (Phi) is 8.23. The molecule has 1 aliphatic carbocycles. The molecule has 224 valence electrons. The van der Waals surface area contributed by atoms with Gasteiger partial charge in [-0.1, -0.05) is 31.5 Å². The van der Waals surface area contributed by atoms with E-state index >= 15 is 0 Å². The van der Waals surface area contributed by atoms with E-state index in [1.165, 1.54) is 26.4 Å². The summed E-state index contributed by atoms with van der Waals surface area (Å²) in [6.07, 6.45) is 5.59. The molecule has 11 nitrogen and oxygen atoms in total. The highest BCUT2D eigenvalue weighted by Gasteiger charge is 2.45. The number of nitrogens with zero attached hydrogens (tertiary/aromatic N) is 3. The number of pyridine rings is 1. The number of ether oxygens (including phenoxy) is 2. The highest BCUT2D eigenvalue weighted by atomic mass is 32.2. The molecule has 2 aromatic carbocycles. The molecular formula is C31H32N4O7S. The zero-order valence-corrected chi connectivity index (χ0v) is 24.8. The molecule has 2 N–H and O–H groups in total. The molecule has 2 aromatic heterocycles. The van der Waals surface area contributed by atoms with Crippen LogP contribution in [0.3, 0.4) is 0 Å². The number of benzene rings is 2.